The van der Waals surface area contributed by atoms with Gasteiger partial charge in [0.25, 0.3) is 0 Å². The molecular weight excluding hydrogens is 196 g/mol. The summed E-state index contributed by atoms with van der Waals surface area (Å²) in [6.07, 6.45) is 3.74. The van der Waals surface area contributed by atoms with E-state index in [1.165, 1.54) is 5.52 Å². The lowest BCUT2D eigenvalue weighted by Crippen LogP contribution is -1.96. The minimum atomic E-state index is 0.777. The molecule has 0 aliphatic heterocycles. The molecule has 0 saturated carbocycles. The van der Waals surface area contributed by atoms with Crippen LogP contribution in [-0.2, 0) is 6.54 Å². The van der Waals surface area contributed by atoms with Crippen molar-refractivity contribution in [2.24, 2.45) is 0 Å². The Balaban J connectivity index is 2.95. The number of rotatable bonds is 3. The molecule has 0 unspecified atom stereocenters. The van der Waals surface area contributed by atoms with Gasteiger partial charge in [-0.15, -0.1) is 0 Å². The Hall–Kier alpha value is -1.96. The molecule has 2 aromatic rings. The van der Waals surface area contributed by atoms with E-state index in [4.69, 9.17) is 5.73 Å². The minimum absolute atomic E-state index is 0.777. The molecule has 2 heteroatoms. The van der Waals surface area contributed by atoms with Crippen LogP contribution >= 0.6 is 0 Å². The Morgan fingerprint density at radius 3 is 2.62 bits per heavy atom. The molecule has 0 atom stereocenters. The highest BCUT2D eigenvalue weighted by Crippen LogP contribution is 2.29. The molecule has 82 valence electrons. The van der Waals surface area contributed by atoms with Crippen molar-refractivity contribution in [3.8, 4) is 0 Å². The molecule has 0 spiro atoms. The fourth-order valence-corrected chi connectivity index (χ4v) is 2.19. The Kier molecular flexibility index (Phi) is 2.57. The first-order valence-corrected chi connectivity index (χ1v) is 5.39. The average molecular weight is 212 g/mol. The molecule has 16 heavy (non-hydrogen) atoms. The maximum Gasteiger partial charge on any atom is 0.0492 e. The smallest absolute Gasteiger partial charge is 0.0492 e. The van der Waals surface area contributed by atoms with Crippen LogP contribution in [-0.4, -0.2) is 4.57 Å². The van der Waals surface area contributed by atoms with E-state index >= 15 is 0 Å². The van der Waals surface area contributed by atoms with E-state index in [0.717, 1.165) is 28.9 Å². The van der Waals surface area contributed by atoms with Crippen LogP contribution in [0.3, 0.4) is 0 Å². The number of hydrogen-bond acceptors (Lipinski definition) is 1. The molecule has 1 aromatic carbocycles. The fraction of sp³-hybridized carbons (Fsp3) is 0.143. The van der Waals surface area contributed by atoms with Crippen LogP contribution in [0.25, 0.3) is 23.1 Å². The number of fused-ring (bicyclic) bond motifs is 1. The molecule has 0 fully saturated rings. The van der Waals surface area contributed by atoms with Crippen LogP contribution in [0.5, 0.6) is 0 Å². The third-order valence-electron chi connectivity index (χ3n) is 2.88. The van der Waals surface area contributed by atoms with Crippen molar-refractivity contribution in [1.82, 2.24) is 4.57 Å². The number of benzene rings is 1. The Labute approximate surface area is 95.7 Å². The normalized spacial score (nSPS) is 10.6. The quantitative estimate of drug-likeness (QED) is 0.775. The first-order chi connectivity index (χ1) is 7.72. The van der Waals surface area contributed by atoms with E-state index in [0.29, 0.717) is 0 Å². The van der Waals surface area contributed by atoms with Crippen molar-refractivity contribution >= 4 is 28.7 Å². The summed E-state index contributed by atoms with van der Waals surface area (Å²) in [4.78, 5) is 0. The monoisotopic (exact) mass is 212 g/mol. The first kappa shape index (κ1) is 10.6. The highest BCUT2D eigenvalue weighted by molar-refractivity contribution is 5.95. The lowest BCUT2D eigenvalue weighted by atomic mass is 10.1. The van der Waals surface area contributed by atoms with Crippen molar-refractivity contribution in [3.63, 3.8) is 0 Å². The maximum atomic E-state index is 5.82. The largest absolute Gasteiger partial charge is 0.399 e. The second-order valence-electron chi connectivity index (χ2n) is 3.73. The Morgan fingerprint density at radius 2 is 2.06 bits per heavy atom. The van der Waals surface area contributed by atoms with Crippen LogP contribution in [0.4, 0.5) is 5.69 Å². The van der Waals surface area contributed by atoms with Gasteiger partial charge < -0.3 is 10.3 Å². The molecule has 0 bridgehead atoms. The van der Waals surface area contributed by atoms with Gasteiger partial charge in [0.2, 0.25) is 0 Å². The van der Waals surface area contributed by atoms with Gasteiger partial charge in [-0.1, -0.05) is 19.2 Å². The van der Waals surface area contributed by atoms with Crippen LogP contribution in [0, 0.1) is 0 Å². The fourth-order valence-electron chi connectivity index (χ4n) is 2.19. The van der Waals surface area contributed by atoms with Gasteiger partial charge >= 0.3 is 0 Å². The van der Waals surface area contributed by atoms with E-state index in [2.05, 4.69) is 24.6 Å². The molecule has 0 amide bonds. The van der Waals surface area contributed by atoms with E-state index < -0.39 is 0 Å². The molecule has 2 rings (SSSR count). The highest BCUT2D eigenvalue weighted by Gasteiger charge is 2.11. The van der Waals surface area contributed by atoms with Crippen LogP contribution in [0.15, 0.2) is 31.4 Å². The van der Waals surface area contributed by atoms with E-state index in [1.54, 1.807) is 0 Å². The van der Waals surface area contributed by atoms with E-state index in [9.17, 15) is 0 Å². The molecule has 0 saturated heterocycles. The van der Waals surface area contributed by atoms with Gasteiger partial charge in [-0.3, -0.25) is 0 Å². The minimum Gasteiger partial charge on any atom is -0.399 e. The summed E-state index contributed by atoms with van der Waals surface area (Å²) in [7, 11) is 0. The van der Waals surface area contributed by atoms with Crippen LogP contribution in [0.1, 0.15) is 18.2 Å². The van der Waals surface area contributed by atoms with Crippen LogP contribution in [0.2, 0.25) is 0 Å². The summed E-state index contributed by atoms with van der Waals surface area (Å²) >= 11 is 0. The summed E-state index contributed by atoms with van der Waals surface area (Å²) in [6, 6.07) is 5.97. The van der Waals surface area contributed by atoms with Crippen LogP contribution < -0.4 is 5.73 Å². The molecule has 0 aliphatic carbocycles. The van der Waals surface area contributed by atoms with E-state index in [-0.39, 0.29) is 0 Å². The molecule has 2 nitrogen and oxygen atoms in total. The highest BCUT2D eigenvalue weighted by atomic mass is 15.0. The Morgan fingerprint density at radius 1 is 1.31 bits per heavy atom. The number of nitrogen functional groups attached to an aromatic ring is 1. The second kappa shape index (κ2) is 3.89. The summed E-state index contributed by atoms with van der Waals surface area (Å²) in [6.45, 7) is 10.8. The number of nitrogens with two attached hydrogens (primary N) is 1. The lowest BCUT2D eigenvalue weighted by molar-refractivity contribution is 0.789. The molecule has 1 aromatic heterocycles. The zero-order chi connectivity index (χ0) is 11.7. The summed E-state index contributed by atoms with van der Waals surface area (Å²) < 4.78 is 2.22. The number of hydrogen-bond donors (Lipinski definition) is 1. The zero-order valence-corrected chi connectivity index (χ0v) is 9.53. The third kappa shape index (κ3) is 1.34. The number of aromatic nitrogens is 1. The third-order valence-corrected chi connectivity index (χ3v) is 2.88. The van der Waals surface area contributed by atoms with Crippen molar-refractivity contribution in [1.29, 1.82) is 0 Å². The maximum absolute atomic E-state index is 5.82. The molecule has 2 N–H and O–H groups in total. The van der Waals surface area contributed by atoms with Crippen molar-refractivity contribution in [2.75, 3.05) is 5.73 Å². The van der Waals surface area contributed by atoms with Gasteiger partial charge in [0, 0.05) is 34.4 Å². The van der Waals surface area contributed by atoms with Crippen molar-refractivity contribution < 1.29 is 0 Å². The van der Waals surface area contributed by atoms with Gasteiger partial charge in [0.05, 0.1) is 0 Å². The van der Waals surface area contributed by atoms with Gasteiger partial charge in [-0.25, -0.2) is 0 Å². The number of nitrogens with zero attached hydrogens (tertiary/aromatic N) is 1. The van der Waals surface area contributed by atoms with Gasteiger partial charge in [-0.2, -0.15) is 0 Å². The zero-order valence-electron chi connectivity index (χ0n) is 9.53. The number of anilines is 1. The molecule has 0 radical (unpaired) electrons. The predicted octanol–water partition coefficient (Wildman–Crippen LogP) is 3.53. The summed E-state index contributed by atoms with van der Waals surface area (Å²) in [5.74, 6) is 0. The molecule has 1 heterocycles. The average Bonchev–Trinajstić information content (AvgIpc) is 2.60. The lowest BCUT2D eigenvalue weighted by Gasteiger charge is -2.04. The van der Waals surface area contributed by atoms with Gasteiger partial charge in [0.15, 0.2) is 0 Å². The second-order valence-corrected chi connectivity index (χ2v) is 3.73. The standard InChI is InChI=1S/C14H16N2/c1-4-11-12-9-10(15)7-8-14(12)16(6-3)13(11)5-2/h4-5,7-9H,1-2,6,15H2,3H3. The first-order valence-electron chi connectivity index (χ1n) is 5.39. The molecular formula is C14H16N2. The van der Waals surface area contributed by atoms with E-state index in [1.807, 2.05) is 30.4 Å². The molecule has 0 aliphatic rings. The summed E-state index contributed by atoms with van der Waals surface area (Å²) in [5.41, 5.74) is 10.00. The van der Waals surface area contributed by atoms with Crippen molar-refractivity contribution in [2.45, 2.75) is 13.5 Å². The SMILES string of the molecule is C=Cc1c(C=C)n(CC)c2ccc(N)cc12. The number of aryl methyl sites for hydroxylation is 1. The Bertz CT molecular complexity index is 562. The topological polar surface area (TPSA) is 30.9 Å². The van der Waals surface area contributed by atoms with Crippen molar-refractivity contribution in [3.05, 3.63) is 42.6 Å². The predicted molar refractivity (Wildman–Crippen MR) is 72.2 cm³/mol. The van der Waals surface area contributed by atoms with Gasteiger partial charge in [-0.05, 0) is 31.2 Å². The van der Waals surface area contributed by atoms with Gasteiger partial charge in [0.1, 0.15) is 0 Å². The summed E-state index contributed by atoms with van der Waals surface area (Å²) in [5, 5.41) is 1.15.